The summed E-state index contributed by atoms with van der Waals surface area (Å²) in [6, 6.07) is 10.3. The van der Waals surface area contributed by atoms with Crippen molar-refractivity contribution in [3.8, 4) is 0 Å². The molecule has 0 unspecified atom stereocenters. The van der Waals surface area contributed by atoms with Gasteiger partial charge in [0.15, 0.2) is 0 Å². The van der Waals surface area contributed by atoms with Crippen molar-refractivity contribution in [1.82, 2.24) is 5.32 Å². The molecule has 3 heteroatoms. The van der Waals surface area contributed by atoms with Crippen LogP contribution in [0, 0.1) is 0 Å². The Morgan fingerprint density at radius 1 is 1.21 bits per heavy atom. The summed E-state index contributed by atoms with van der Waals surface area (Å²) < 4.78 is 0. The molecule has 0 aliphatic rings. The second kappa shape index (κ2) is 6.44. The molecule has 0 aliphatic carbocycles. The van der Waals surface area contributed by atoms with Gasteiger partial charge in [-0.05, 0) is 36.4 Å². The number of nitrogens with one attached hydrogen (secondary N) is 1. The summed E-state index contributed by atoms with van der Waals surface area (Å²) >= 11 is 5.12. The topological polar surface area (TPSA) is 29.1 Å². The Hall–Kier alpha value is -1.02. The van der Waals surface area contributed by atoms with Crippen molar-refractivity contribution < 1.29 is 4.79 Å². The Morgan fingerprint density at radius 3 is 2.57 bits per heavy atom. The minimum Gasteiger partial charge on any atom is -0.343 e. The van der Waals surface area contributed by atoms with E-state index in [9.17, 15) is 4.79 Å². The van der Waals surface area contributed by atoms with Crippen LogP contribution in [0.3, 0.4) is 0 Å². The third-order valence-electron chi connectivity index (χ3n) is 2.00. The highest BCUT2D eigenvalue weighted by atomic mass is 35.5. The number of rotatable bonds is 5. The highest BCUT2D eigenvalue weighted by molar-refractivity contribution is 6.62. The van der Waals surface area contributed by atoms with E-state index < -0.39 is 5.37 Å². The zero-order valence-electron chi connectivity index (χ0n) is 8.00. The molecule has 0 fully saturated rings. The molecule has 0 spiro atoms. The van der Waals surface area contributed by atoms with Crippen LogP contribution in [0.5, 0.6) is 0 Å². The molecule has 1 aromatic carbocycles. The van der Waals surface area contributed by atoms with E-state index in [4.69, 9.17) is 11.6 Å². The van der Waals surface area contributed by atoms with Crippen LogP contribution in [0.15, 0.2) is 30.3 Å². The number of carbonyl (C=O) groups excluding carboxylic acids is 1. The molecule has 1 aromatic rings. The summed E-state index contributed by atoms with van der Waals surface area (Å²) in [5, 5.41) is 2.09. The van der Waals surface area contributed by atoms with Crippen LogP contribution in [0.1, 0.15) is 18.4 Å². The molecule has 0 atom stereocenters. The first-order valence-corrected chi connectivity index (χ1v) is 5.14. The molecular weight excluding hydrogens is 198 g/mol. The molecule has 1 rings (SSSR count). The van der Waals surface area contributed by atoms with Gasteiger partial charge < -0.3 is 5.32 Å². The number of benzene rings is 1. The number of hydrogen-bond donors (Lipinski definition) is 1. The fourth-order valence-electron chi connectivity index (χ4n) is 1.29. The van der Waals surface area contributed by atoms with Gasteiger partial charge in [-0.1, -0.05) is 30.3 Å². The minimum atomic E-state index is -0.468. The molecule has 14 heavy (non-hydrogen) atoms. The fourth-order valence-corrected chi connectivity index (χ4v) is 1.38. The highest BCUT2D eigenvalue weighted by Gasteiger charge is 1.94. The molecular formula is C11H14ClNO. The zero-order valence-corrected chi connectivity index (χ0v) is 8.76. The first-order chi connectivity index (χ1) is 6.79. The molecule has 2 nitrogen and oxygen atoms in total. The Labute approximate surface area is 89.3 Å². The lowest BCUT2D eigenvalue weighted by atomic mass is 10.1. The summed E-state index contributed by atoms with van der Waals surface area (Å²) in [4.78, 5) is 10.3. The van der Waals surface area contributed by atoms with Crippen molar-refractivity contribution in [3.05, 3.63) is 35.9 Å². The molecule has 0 saturated carbocycles. The van der Waals surface area contributed by atoms with E-state index in [0.717, 1.165) is 19.3 Å². The largest absolute Gasteiger partial charge is 0.343 e. The summed E-state index contributed by atoms with van der Waals surface area (Å²) in [5.41, 5.74) is 1.34. The monoisotopic (exact) mass is 211 g/mol. The summed E-state index contributed by atoms with van der Waals surface area (Å²) in [6.07, 6.45) is 3.09. The van der Waals surface area contributed by atoms with Gasteiger partial charge in [-0.25, -0.2) is 0 Å². The van der Waals surface area contributed by atoms with Crippen LogP contribution in [-0.4, -0.2) is 11.9 Å². The maximum Gasteiger partial charge on any atom is 0.313 e. The summed E-state index contributed by atoms with van der Waals surface area (Å²) in [5.74, 6) is 0. The molecule has 0 bridgehead atoms. The molecule has 0 aliphatic heterocycles. The van der Waals surface area contributed by atoms with E-state index in [0.29, 0.717) is 6.54 Å². The second-order valence-electron chi connectivity index (χ2n) is 3.14. The predicted octanol–water partition coefficient (Wildman–Crippen LogP) is 2.96. The van der Waals surface area contributed by atoms with Gasteiger partial charge in [0.25, 0.3) is 0 Å². The number of halogens is 1. The summed E-state index contributed by atoms with van der Waals surface area (Å²) in [7, 11) is 0. The quantitative estimate of drug-likeness (QED) is 0.453. The van der Waals surface area contributed by atoms with Crippen molar-refractivity contribution in [1.29, 1.82) is 0 Å². The smallest absolute Gasteiger partial charge is 0.313 e. The van der Waals surface area contributed by atoms with Gasteiger partial charge in [0.2, 0.25) is 0 Å². The van der Waals surface area contributed by atoms with E-state index in [1.54, 1.807) is 0 Å². The molecule has 0 aromatic heterocycles. The number of carbonyl (C=O) groups is 1. The molecule has 0 heterocycles. The average molecular weight is 212 g/mol. The van der Waals surface area contributed by atoms with Crippen LogP contribution < -0.4 is 5.32 Å². The van der Waals surface area contributed by atoms with E-state index in [2.05, 4.69) is 17.4 Å². The van der Waals surface area contributed by atoms with Gasteiger partial charge >= 0.3 is 5.37 Å². The van der Waals surface area contributed by atoms with Crippen molar-refractivity contribution >= 4 is 17.0 Å². The number of aryl methyl sites for hydroxylation is 1. The normalized spacial score (nSPS) is 9.79. The first-order valence-electron chi connectivity index (χ1n) is 4.76. The van der Waals surface area contributed by atoms with Gasteiger partial charge in [-0.3, -0.25) is 4.79 Å². The van der Waals surface area contributed by atoms with Gasteiger partial charge in [-0.2, -0.15) is 0 Å². The van der Waals surface area contributed by atoms with Crippen LogP contribution in [0.25, 0.3) is 0 Å². The Morgan fingerprint density at radius 2 is 1.93 bits per heavy atom. The van der Waals surface area contributed by atoms with Crippen LogP contribution >= 0.6 is 11.6 Å². The minimum absolute atomic E-state index is 0.468. The molecule has 1 amide bonds. The van der Waals surface area contributed by atoms with Crippen molar-refractivity contribution in [2.45, 2.75) is 19.3 Å². The van der Waals surface area contributed by atoms with Gasteiger partial charge in [0, 0.05) is 6.54 Å². The Bertz CT molecular complexity index is 274. The highest BCUT2D eigenvalue weighted by Crippen LogP contribution is 2.03. The number of unbranched alkanes of at least 4 members (excludes halogenated alkanes) is 1. The van der Waals surface area contributed by atoms with Crippen molar-refractivity contribution in [2.75, 3.05) is 6.54 Å². The second-order valence-corrected chi connectivity index (χ2v) is 3.49. The molecule has 0 radical (unpaired) electrons. The summed E-state index contributed by atoms with van der Waals surface area (Å²) in [6.45, 7) is 0.662. The lowest BCUT2D eigenvalue weighted by Crippen LogP contribution is -2.17. The maximum atomic E-state index is 10.3. The Balaban J connectivity index is 2.08. The molecule has 1 N–H and O–H groups in total. The SMILES string of the molecule is O=C(Cl)NCCCCc1ccccc1. The van der Waals surface area contributed by atoms with Crippen LogP contribution in [0.2, 0.25) is 0 Å². The molecule has 76 valence electrons. The lowest BCUT2D eigenvalue weighted by molar-refractivity contribution is 0.259. The third kappa shape index (κ3) is 4.87. The van der Waals surface area contributed by atoms with E-state index >= 15 is 0 Å². The average Bonchev–Trinajstić information content (AvgIpc) is 2.18. The first kappa shape index (κ1) is 11.1. The van der Waals surface area contributed by atoms with Gasteiger partial charge in [0.05, 0.1) is 0 Å². The van der Waals surface area contributed by atoms with E-state index in [-0.39, 0.29) is 0 Å². The van der Waals surface area contributed by atoms with E-state index in [1.165, 1.54) is 5.56 Å². The van der Waals surface area contributed by atoms with Crippen LogP contribution in [0.4, 0.5) is 4.79 Å². The predicted molar refractivity (Wildman–Crippen MR) is 58.6 cm³/mol. The molecule has 0 saturated heterocycles. The zero-order chi connectivity index (χ0) is 10.2. The maximum absolute atomic E-state index is 10.3. The Kier molecular flexibility index (Phi) is 5.08. The van der Waals surface area contributed by atoms with Crippen molar-refractivity contribution in [3.63, 3.8) is 0 Å². The van der Waals surface area contributed by atoms with E-state index in [1.807, 2.05) is 18.2 Å². The standard InChI is InChI=1S/C11H14ClNO/c12-11(14)13-9-5-4-8-10-6-2-1-3-7-10/h1-3,6-7H,4-5,8-9H2,(H,13,14). The van der Waals surface area contributed by atoms with Gasteiger partial charge in [-0.15, -0.1) is 0 Å². The van der Waals surface area contributed by atoms with Crippen LogP contribution in [-0.2, 0) is 6.42 Å². The fraction of sp³-hybridized carbons (Fsp3) is 0.364. The number of amides is 1. The number of hydrogen-bond acceptors (Lipinski definition) is 1. The van der Waals surface area contributed by atoms with Gasteiger partial charge in [0.1, 0.15) is 0 Å². The lowest BCUT2D eigenvalue weighted by Gasteiger charge is -2.01. The third-order valence-corrected chi connectivity index (χ3v) is 2.13. The van der Waals surface area contributed by atoms with Crippen molar-refractivity contribution in [2.24, 2.45) is 0 Å².